The van der Waals surface area contributed by atoms with E-state index in [0.717, 1.165) is 19.4 Å². The summed E-state index contributed by atoms with van der Waals surface area (Å²) < 4.78 is 5.57. The van der Waals surface area contributed by atoms with Crippen LogP contribution >= 0.6 is 0 Å². The number of nitrogens with zero attached hydrogens (tertiary/aromatic N) is 1. The van der Waals surface area contributed by atoms with E-state index in [-0.39, 0.29) is 6.61 Å². The second kappa shape index (κ2) is 7.27. The summed E-state index contributed by atoms with van der Waals surface area (Å²) in [4.78, 5) is 2.21. The molecular weight excluding hydrogens is 240 g/mol. The highest BCUT2D eigenvalue weighted by Crippen LogP contribution is 2.21. The summed E-state index contributed by atoms with van der Waals surface area (Å²) >= 11 is 0. The highest BCUT2D eigenvalue weighted by atomic mass is 16.5. The minimum Gasteiger partial charge on any atom is -0.494 e. The van der Waals surface area contributed by atoms with Gasteiger partial charge < -0.3 is 15.6 Å². The zero-order valence-corrected chi connectivity index (χ0v) is 12.7. The maximum absolute atomic E-state index is 9.86. The van der Waals surface area contributed by atoms with Crippen LogP contribution in [0.2, 0.25) is 0 Å². The lowest BCUT2D eigenvalue weighted by Crippen LogP contribution is -2.40. The van der Waals surface area contributed by atoms with Crippen molar-refractivity contribution in [3.8, 4) is 0 Å². The molecule has 0 saturated carbocycles. The van der Waals surface area contributed by atoms with E-state index >= 15 is 0 Å². The third kappa shape index (κ3) is 5.93. The van der Waals surface area contributed by atoms with E-state index in [4.69, 9.17) is 10.5 Å². The average molecular weight is 270 g/mol. The molecule has 1 heterocycles. The Morgan fingerprint density at radius 3 is 2.74 bits per heavy atom. The van der Waals surface area contributed by atoms with Crippen LogP contribution in [0.15, 0.2) is 12.3 Å². The Morgan fingerprint density at radius 2 is 2.21 bits per heavy atom. The second-order valence-electron chi connectivity index (χ2n) is 6.07. The van der Waals surface area contributed by atoms with E-state index in [1.807, 2.05) is 6.92 Å². The molecule has 3 N–H and O–H groups in total. The van der Waals surface area contributed by atoms with Crippen molar-refractivity contribution >= 4 is 0 Å². The summed E-state index contributed by atoms with van der Waals surface area (Å²) in [6.07, 6.45) is 3.85. The van der Waals surface area contributed by atoms with Gasteiger partial charge in [0.15, 0.2) is 0 Å². The molecule has 4 unspecified atom stereocenters. The van der Waals surface area contributed by atoms with E-state index in [2.05, 4.69) is 25.3 Å². The molecule has 19 heavy (non-hydrogen) atoms. The van der Waals surface area contributed by atoms with Crippen LogP contribution in [-0.2, 0) is 4.74 Å². The molecule has 112 valence electrons. The van der Waals surface area contributed by atoms with E-state index in [9.17, 15) is 5.11 Å². The van der Waals surface area contributed by atoms with Crippen LogP contribution in [0, 0.1) is 0 Å². The Morgan fingerprint density at radius 1 is 1.58 bits per heavy atom. The minimum absolute atomic E-state index is 0.280. The Balaban J connectivity index is 2.20. The van der Waals surface area contributed by atoms with Gasteiger partial charge in [0.25, 0.3) is 0 Å². The molecule has 4 atom stereocenters. The molecule has 1 aliphatic rings. The fourth-order valence-corrected chi connectivity index (χ4v) is 2.11. The standard InChI is InChI=1S/C15H30N2O2/c1-5-6-7-8-15(4,16)13(3)19-11-14(18)10-17-9-12(17)2/h12,14,18H,3,5-11,16H2,1-2,4H3. The molecule has 4 nitrogen and oxygen atoms in total. The zero-order valence-electron chi connectivity index (χ0n) is 12.7. The molecule has 0 amide bonds. The van der Waals surface area contributed by atoms with E-state index in [1.165, 1.54) is 12.8 Å². The van der Waals surface area contributed by atoms with E-state index < -0.39 is 11.6 Å². The molecule has 1 aliphatic heterocycles. The Bertz CT molecular complexity index is 292. The van der Waals surface area contributed by atoms with Crippen molar-refractivity contribution in [3.63, 3.8) is 0 Å². The monoisotopic (exact) mass is 270 g/mol. The number of aliphatic hydroxyl groups excluding tert-OH is 1. The van der Waals surface area contributed by atoms with Crippen molar-refractivity contribution in [2.75, 3.05) is 19.7 Å². The number of rotatable bonds is 10. The number of unbranched alkanes of at least 4 members (excludes halogenated alkanes) is 2. The topological polar surface area (TPSA) is 58.5 Å². The summed E-state index contributed by atoms with van der Waals surface area (Å²) in [5.74, 6) is 0.585. The summed E-state index contributed by atoms with van der Waals surface area (Å²) in [5, 5.41) is 9.86. The molecule has 0 spiro atoms. The van der Waals surface area contributed by atoms with Crippen molar-refractivity contribution < 1.29 is 9.84 Å². The van der Waals surface area contributed by atoms with Gasteiger partial charge in [-0.05, 0) is 20.3 Å². The summed E-state index contributed by atoms with van der Waals surface area (Å²) in [5.41, 5.74) is 5.71. The van der Waals surface area contributed by atoms with Crippen LogP contribution in [0.5, 0.6) is 0 Å². The van der Waals surface area contributed by atoms with Crippen LogP contribution in [0.1, 0.15) is 46.5 Å². The van der Waals surface area contributed by atoms with Crippen molar-refractivity contribution in [1.29, 1.82) is 0 Å². The van der Waals surface area contributed by atoms with Crippen molar-refractivity contribution in [2.45, 2.75) is 64.1 Å². The van der Waals surface area contributed by atoms with Gasteiger partial charge in [0.2, 0.25) is 0 Å². The molecule has 0 radical (unpaired) electrons. The lowest BCUT2D eigenvalue weighted by molar-refractivity contribution is 0.0484. The molecular formula is C15H30N2O2. The second-order valence-corrected chi connectivity index (χ2v) is 6.07. The largest absolute Gasteiger partial charge is 0.494 e. The number of β-amino-alcohol motifs (C(OH)–C–C–N with tert-alkyl or cyclic N) is 1. The maximum Gasteiger partial charge on any atom is 0.115 e. The van der Waals surface area contributed by atoms with Crippen LogP contribution in [0.25, 0.3) is 0 Å². The molecule has 1 rings (SSSR count). The van der Waals surface area contributed by atoms with Crippen molar-refractivity contribution in [1.82, 2.24) is 4.90 Å². The van der Waals surface area contributed by atoms with Crippen molar-refractivity contribution in [2.24, 2.45) is 5.73 Å². The molecule has 0 aromatic rings. The fourth-order valence-electron chi connectivity index (χ4n) is 2.11. The van der Waals surface area contributed by atoms with Crippen LogP contribution in [0.3, 0.4) is 0 Å². The molecule has 0 aromatic heterocycles. The Labute approximate surface area is 117 Å². The first kappa shape index (κ1) is 16.5. The summed E-state index contributed by atoms with van der Waals surface area (Å²) in [7, 11) is 0. The van der Waals surface area contributed by atoms with Crippen LogP contribution in [0.4, 0.5) is 0 Å². The van der Waals surface area contributed by atoms with Gasteiger partial charge in [0, 0.05) is 19.1 Å². The lowest BCUT2D eigenvalue weighted by Gasteiger charge is -2.28. The minimum atomic E-state index is -0.498. The highest BCUT2D eigenvalue weighted by Gasteiger charge is 2.31. The van der Waals surface area contributed by atoms with Gasteiger partial charge in [-0.1, -0.05) is 32.8 Å². The van der Waals surface area contributed by atoms with Gasteiger partial charge in [0.05, 0.1) is 5.54 Å². The quantitative estimate of drug-likeness (QED) is 0.361. The van der Waals surface area contributed by atoms with E-state index in [1.54, 1.807) is 0 Å². The molecule has 1 fully saturated rings. The SMILES string of the molecule is C=C(OCC(O)CN1CC1C)C(C)(N)CCCCC. The lowest BCUT2D eigenvalue weighted by atomic mass is 9.94. The van der Waals surface area contributed by atoms with E-state index in [0.29, 0.717) is 18.3 Å². The maximum atomic E-state index is 9.86. The molecule has 1 saturated heterocycles. The number of nitrogens with two attached hydrogens (primary N) is 1. The number of hydrogen-bond donors (Lipinski definition) is 2. The molecule has 0 aliphatic carbocycles. The number of hydrogen-bond acceptors (Lipinski definition) is 4. The third-order valence-corrected chi connectivity index (χ3v) is 3.82. The van der Waals surface area contributed by atoms with Crippen LogP contribution < -0.4 is 5.73 Å². The normalized spacial score (nSPS) is 26.6. The first-order chi connectivity index (χ1) is 8.86. The average Bonchev–Trinajstić information content (AvgIpc) is 3.01. The molecule has 0 bridgehead atoms. The predicted octanol–water partition coefficient (Wildman–Crippen LogP) is 1.88. The number of aliphatic hydroxyl groups is 1. The molecule has 0 aromatic carbocycles. The van der Waals surface area contributed by atoms with Gasteiger partial charge in [0.1, 0.15) is 18.5 Å². The van der Waals surface area contributed by atoms with Gasteiger partial charge in [-0.3, -0.25) is 4.90 Å². The fraction of sp³-hybridized carbons (Fsp3) is 0.867. The summed E-state index contributed by atoms with van der Waals surface area (Å²) in [6.45, 7) is 12.2. The third-order valence-electron chi connectivity index (χ3n) is 3.82. The first-order valence-corrected chi connectivity index (χ1v) is 7.40. The van der Waals surface area contributed by atoms with Gasteiger partial charge in [-0.2, -0.15) is 0 Å². The van der Waals surface area contributed by atoms with Crippen molar-refractivity contribution in [3.05, 3.63) is 12.3 Å². The van der Waals surface area contributed by atoms with Gasteiger partial charge in [-0.25, -0.2) is 0 Å². The smallest absolute Gasteiger partial charge is 0.115 e. The predicted molar refractivity (Wildman–Crippen MR) is 78.9 cm³/mol. The van der Waals surface area contributed by atoms with Crippen LogP contribution in [-0.4, -0.2) is 47.4 Å². The van der Waals surface area contributed by atoms with Gasteiger partial charge in [-0.15, -0.1) is 0 Å². The summed E-state index contributed by atoms with van der Waals surface area (Å²) in [6, 6.07) is 0.603. The molecule has 4 heteroatoms. The van der Waals surface area contributed by atoms with Gasteiger partial charge >= 0.3 is 0 Å². The number of ether oxygens (including phenoxy) is 1. The Hall–Kier alpha value is -0.580. The Kier molecular flexibility index (Phi) is 6.30. The zero-order chi connectivity index (χ0) is 14.5. The first-order valence-electron chi connectivity index (χ1n) is 7.40. The highest BCUT2D eigenvalue weighted by molar-refractivity contribution is 5.06.